The van der Waals surface area contributed by atoms with Crippen LogP contribution < -0.4 is 0 Å². The minimum atomic E-state index is 0.488. The summed E-state index contributed by atoms with van der Waals surface area (Å²) in [6, 6.07) is 3.61. The Morgan fingerprint density at radius 3 is 2.41 bits per heavy atom. The molecule has 98 valence electrons. The maximum Gasteiger partial charge on any atom is 0.0638 e. The molecule has 0 bridgehead atoms. The molecule has 2 nitrogen and oxygen atoms in total. The Kier molecular flexibility index (Phi) is 6.58. The molecule has 17 heavy (non-hydrogen) atoms. The first-order valence-electron chi connectivity index (χ1n) is 7.31. The number of rotatable bonds is 7. The summed E-state index contributed by atoms with van der Waals surface area (Å²) in [4.78, 5) is 2.65. The van der Waals surface area contributed by atoms with Gasteiger partial charge in [0, 0.05) is 12.1 Å². The van der Waals surface area contributed by atoms with E-state index in [2.05, 4.69) is 31.7 Å². The van der Waals surface area contributed by atoms with Crippen LogP contribution in [0.1, 0.15) is 65.7 Å². The van der Waals surface area contributed by atoms with Crippen molar-refractivity contribution in [1.29, 1.82) is 5.26 Å². The highest BCUT2D eigenvalue weighted by molar-refractivity contribution is 4.87. The van der Waals surface area contributed by atoms with E-state index in [1.54, 1.807) is 0 Å². The minimum Gasteiger partial charge on any atom is -0.296 e. The summed E-state index contributed by atoms with van der Waals surface area (Å²) in [5.74, 6) is 0.762. The van der Waals surface area contributed by atoms with E-state index in [1.807, 2.05) is 0 Å². The van der Waals surface area contributed by atoms with E-state index in [4.69, 9.17) is 5.26 Å². The highest BCUT2D eigenvalue weighted by Crippen LogP contribution is 2.27. The number of hydrogen-bond donors (Lipinski definition) is 0. The molecule has 1 fully saturated rings. The van der Waals surface area contributed by atoms with E-state index >= 15 is 0 Å². The molecule has 2 heteroatoms. The van der Waals surface area contributed by atoms with Gasteiger partial charge in [-0.25, -0.2) is 0 Å². The van der Waals surface area contributed by atoms with Crippen molar-refractivity contribution in [2.45, 2.75) is 77.8 Å². The fourth-order valence-electron chi connectivity index (χ4n) is 2.91. The average Bonchev–Trinajstić information content (AvgIpc) is 2.81. The van der Waals surface area contributed by atoms with Crippen LogP contribution >= 0.6 is 0 Å². The lowest BCUT2D eigenvalue weighted by Crippen LogP contribution is -2.42. The Hall–Kier alpha value is -0.550. The molecule has 0 heterocycles. The molecule has 0 aliphatic heterocycles. The predicted molar refractivity (Wildman–Crippen MR) is 72.7 cm³/mol. The van der Waals surface area contributed by atoms with Crippen molar-refractivity contribution < 1.29 is 0 Å². The quantitative estimate of drug-likeness (QED) is 0.669. The molecule has 0 spiro atoms. The van der Waals surface area contributed by atoms with E-state index < -0.39 is 0 Å². The highest BCUT2D eigenvalue weighted by atomic mass is 15.2. The van der Waals surface area contributed by atoms with Gasteiger partial charge in [-0.15, -0.1) is 0 Å². The van der Waals surface area contributed by atoms with Gasteiger partial charge in [0.25, 0.3) is 0 Å². The second-order valence-corrected chi connectivity index (χ2v) is 5.78. The average molecular weight is 236 g/mol. The number of nitrogens with zero attached hydrogens (tertiary/aromatic N) is 2. The maximum atomic E-state index is 8.96. The van der Waals surface area contributed by atoms with Crippen LogP contribution in [0.5, 0.6) is 0 Å². The Bertz CT molecular complexity index is 236. The van der Waals surface area contributed by atoms with Gasteiger partial charge in [0.05, 0.1) is 12.5 Å². The van der Waals surface area contributed by atoms with Gasteiger partial charge in [-0.2, -0.15) is 5.26 Å². The summed E-state index contributed by atoms with van der Waals surface area (Å²) >= 11 is 0. The Labute approximate surface area is 107 Å². The monoisotopic (exact) mass is 236 g/mol. The lowest BCUT2D eigenvalue weighted by molar-refractivity contribution is 0.125. The molecule has 1 saturated carbocycles. The van der Waals surface area contributed by atoms with Crippen molar-refractivity contribution in [3.8, 4) is 6.07 Å². The molecule has 0 saturated heterocycles. The molecular formula is C15H28N2. The Balaban J connectivity index is 2.59. The van der Waals surface area contributed by atoms with E-state index in [0.717, 1.165) is 18.4 Å². The summed E-state index contributed by atoms with van der Waals surface area (Å²) in [5, 5.41) is 8.96. The lowest BCUT2D eigenvalue weighted by atomic mass is 10.0. The molecular weight excluding hydrogens is 208 g/mol. The molecule has 1 aliphatic rings. The molecule has 1 rings (SSSR count). The summed E-state index contributed by atoms with van der Waals surface area (Å²) in [6.07, 6.45) is 8.53. The van der Waals surface area contributed by atoms with Gasteiger partial charge in [-0.3, -0.25) is 4.90 Å². The predicted octanol–water partition coefficient (Wildman–Crippen LogP) is 3.97. The SMILES string of the molecule is CCC(CC#N)N(CCC(C)C)C1CCCC1. The van der Waals surface area contributed by atoms with Crippen LogP contribution in [0, 0.1) is 17.2 Å². The van der Waals surface area contributed by atoms with Crippen LogP contribution in [0.4, 0.5) is 0 Å². The number of nitriles is 1. The summed E-state index contributed by atoms with van der Waals surface area (Å²) in [7, 11) is 0. The van der Waals surface area contributed by atoms with E-state index in [0.29, 0.717) is 12.5 Å². The Morgan fingerprint density at radius 1 is 1.29 bits per heavy atom. The lowest BCUT2D eigenvalue weighted by Gasteiger charge is -2.35. The van der Waals surface area contributed by atoms with Crippen LogP contribution in [0.3, 0.4) is 0 Å². The van der Waals surface area contributed by atoms with E-state index in [9.17, 15) is 0 Å². The largest absolute Gasteiger partial charge is 0.296 e. The molecule has 0 amide bonds. The third kappa shape index (κ3) is 4.68. The van der Waals surface area contributed by atoms with Gasteiger partial charge in [0.2, 0.25) is 0 Å². The smallest absolute Gasteiger partial charge is 0.0638 e. The molecule has 1 unspecified atom stereocenters. The number of hydrogen-bond acceptors (Lipinski definition) is 2. The summed E-state index contributed by atoms with van der Waals surface area (Å²) in [6.45, 7) is 7.98. The van der Waals surface area contributed by atoms with Crippen LogP contribution in [-0.2, 0) is 0 Å². The van der Waals surface area contributed by atoms with Gasteiger partial charge in [0.15, 0.2) is 0 Å². The fourth-order valence-corrected chi connectivity index (χ4v) is 2.91. The van der Waals surface area contributed by atoms with Crippen molar-refractivity contribution in [3.05, 3.63) is 0 Å². The third-order valence-corrected chi connectivity index (χ3v) is 4.03. The van der Waals surface area contributed by atoms with Crippen molar-refractivity contribution in [3.63, 3.8) is 0 Å². The van der Waals surface area contributed by atoms with Gasteiger partial charge in [-0.05, 0) is 38.1 Å². The molecule has 1 atom stereocenters. The fraction of sp³-hybridized carbons (Fsp3) is 0.933. The topological polar surface area (TPSA) is 27.0 Å². The van der Waals surface area contributed by atoms with Gasteiger partial charge >= 0.3 is 0 Å². The van der Waals surface area contributed by atoms with E-state index in [1.165, 1.54) is 38.6 Å². The van der Waals surface area contributed by atoms with Crippen LogP contribution in [0.15, 0.2) is 0 Å². The zero-order chi connectivity index (χ0) is 12.7. The zero-order valence-electron chi connectivity index (χ0n) is 11.8. The van der Waals surface area contributed by atoms with Crippen LogP contribution in [-0.4, -0.2) is 23.5 Å². The molecule has 0 aromatic carbocycles. The molecule has 0 aromatic heterocycles. The Morgan fingerprint density at radius 2 is 1.94 bits per heavy atom. The van der Waals surface area contributed by atoms with Crippen LogP contribution in [0.25, 0.3) is 0 Å². The first kappa shape index (κ1) is 14.5. The first-order valence-corrected chi connectivity index (χ1v) is 7.31. The van der Waals surface area contributed by atoms with Gasteiger partial charge in [-0.1, -0.05) is 33.6 Å². The molecule has 0 N–H and O–H groups in total. The van der Waals surface area contributed by atoms with Crippen molar-refractivity contribution >= 4 is 0 Å². The first-order chi connectivity index (χ1) is 8.19. The maximum absolute atomic E-state index is 8.96. The highest BCUT2D eigenvalue weighted by Gasteiger charge is 2.27. The van der Waals surface area contributed by atoms with E-state index in [-0.39, 0.29) is 0 Å². The normalized spacial score (nSPS) is 18.8. The minimum absolute atomic E-state index is 0.488. The van der Waals surface area contributed by atoms with Crippen molar-refractivity contribution in [2.24, 2.45) is 5.92 Å². The molecule has 0 aromatic rings. The summed E-state index contributed by atoms with van der Waals surface area (Å²) < 4.78 is 0. The second kappa shape index (κ2) is 7.71. The zero-order valence-corrected chi connectivity index (χ0v) is 11.8. The second-order valence-electron chi connectivity index (χ2n) is 5.78. The third-order valence-electron chi connectivity index (χ3n) is 4.03. The van der Waals surface area contributed by atoms with Crippen molar-refractivity contribution in [1.82, 2.24) is 4.90 Å². The molecule has 1 aliphatic carbocycles. The standard InChI is InChI=1S/C15H28N2/c1-4-14(9-11-16)17(12-10-13(2)3)15-7-5-6-8-15/h13-15H,4-10,12H2,1-3H3. The van der Waals surface area contributed by atoms with Gasteiger partial charge < -0.3 is 0 Å². The summed E-state index contributed by atoms with van der Waals surface area (Å²) in [5.41, 5.74) is 0. The van der Waals surface area contributed by atoms with Crippen LogP contribution in [0.2, 0.25) is 0 Å². The van der Waals surface area contributed by atoms with Crippen molar-refractivity contribution in [2.75, 3.05) is 6.54 Å². The molecule has 0 radical (unpaired) electrons. The van der Waals surface area contributed by atoms with Gasteiger partial charge in [0.1, 0.15) is 0 Å².